The number of fused-ring (bicyclic) bond motifs is 1. The van der Waals surface area contributed by atoms with Crippen molar-refractivity contribution in [2.75, 3.05) is 0 Å². The number of carbonyl (C=O) groups excluding carboxylic acids is 2. The summed E-state index contributed by atoms with van der Waals surface area (Å²) in [7, 11) is 0. The van der Waals surface area contributed by atoms with E-state index in [2.05, 4.69) is 4.98 Å². The maximum Gasteiger partial charge on any atom is 0.353 e. The van der Waals surface area contributed by atoms with E-state index in [0.717, 1.165) is 11.3 Å². The van der Waals surface area contributed by atoms with Crippen molar-refractivity contribution in [3.63, 3.8) is 0 Å². The molecule has 4 heterocycles. The molecule has 4 atom stereocenters. The van der Waals surface area contributed by atoms with E-state index in [1.54, 1.807) is 23.9 Å². The third-order valence-corrected chi connectivity index (χ3v) is 7.74. The van der Waals surface area contributed by atoms with Crippen molar-refractivity contribution >= 4 is 40.9 Å². The molecule has 9 nitrogen and oxygen atoms in total. The monoisotopic (exact) mass is 461 g/mol. The Labute approximate surface area is 186 Å². The van der Waals surface area contributed by atoms with Crippen LogP contribution >= 0.6 is 23.1 Å². The first kappa shape index (κ1) is 21.5. The lowest BCUT2D eigenvalue weighted by molar-refractivity contribution is -0.684. The van der Waals surface area contributed by atoms with Gasteiger partial charge in [0.15, 0.2) is 16.7 Å². The molecule has 1 saturated heterocycles. The number of rotatable bonds is 7. The fourth-order valence-electron chi connectivity index (χ4n) is 4.10. The fourth-order valence-corrected chi connectivity index (χ4v) is 6.20. The Kier molecular flexibility index (Phi) is 5.58. The third-order valence-electron chi connectivity index (χ3n) is 5.52. The summed E-state index contributed by atoms with van der Waals surface area (Å²) in [5.41, 5.74) is 6.75. The Morgan fingerprint density at radius 2 is 2.06 bits per heavy atom. The Bertz CT molecular complexity index is 1100. The van der Waals surface area contributed by atoms with Crippen molar-refractivity contribution < 1.29 is 29.2 Å². The van der Waals surface area contributed by atoms with Crippen LogP contribution in [0.1, 0.15) is 13.8 Å². The molecule has 2 aromatic heterocycles. The number of thiazole rings is 1. The fraction of sp³-hybridized carbons (Fsp3) is 0.350. The van der Waals surface area contributed by atoms with Crippen molar-refractivity contribution in [3.8, 4) is 11.3 Å². The van der Waals surface area contributed by atoms with E-state index < -0.39 is 23.9 Å². The van der Waals surface area contributed by atoms with E-state index in [-0.39, 0.29) is 30.1 Å². The van der Waals surface area contributed by atoms with Crippen LogP contribution in [0.15, 0.2) is 44.8 Å². The molecule has 0 aliphatic carbocycles. The van der Waals surface area contributed by atoms with Crippen LogP contribution in [0.5, 0.6) is 0 Å². The van der Waals surface area contributed by atoms with Gasteiger partial charge in [0.25, 0.3) is 5.91 Å². The average molecular weight is 462 g/mol. The number of pyridine rings is 1. The zero-order valence-electron chi connectivity index (χ0n) is 16.8. The summed E-state index contributed by atoms with van der Waals surface area (Å²) in [5.74, 6) is -2.75. The predicted molar refractivity (Wildman–Crippen MR) is 112 cm³/mol. The number of hydrogen-bond acceptors (Lipinski definition) is 7. The number of aliphatic hydroxyl groups excluding tert-OH is 1. The molecule has 0 unspecified atom stereocenters. The molecule has 2 aliphatic heterocycles. The highest BCUT2D eigenvalue weighted by atomic mass is 32.2. The summed E-state index contributed by atoms with van der Waals surface area (Å²) >= 11 is 2.63. The normalized spacial score (nSPS) is 23.5. The number of amides is 2. The Hall–Kier alpha value is -2.76. The lowest BCUT2D eigenvalue weighted by atomic mass is 9.79. The van der Waals surface area contributed by atoms with Crippen LogP contribution in [0, 0.1) is 11.8 Å². The summed E-state index contributed by atoms with van der Waals surface area (Å²) in [4.78, 5) is 41.9. The molecular weight excluding hydrogens is 440 g/mol. The average Bonchev–Trinajstić information content (AvgIpc) is 3.24. The highest BCUT2D eigenvalue weighted by molar-refractivity contribution is 8.04. The van der Waals surface area contributed by atoms with E-state index in [9.17, 15) is 24.6 Å². The first-order valence-corrected chi connectivity index (χ1v) is 11.3. The number of hydrogen-bond donors (Lipinski definition) is 3. The number of nitrogens with zero attached hydrogens (tertiary/aromatic N) is 3. The molecule has 31 heavy (non-hydrogen) atoms. The number of carbonyl (C=O) groups is 3. The van der Waals surface area contributed by atoms with Crippen molar-refractivity contribution in [2.24, 2.45) is 17.6 Å². The molecule has 2 amide bonds. The quantitative estimate of drug-likeness (QED) is 0.410. The van der Waals surface area contributed by atoms with Crippen molar-refractivity contribution in [2.45, 2.75) is 36.9 Å². The molecule has 1 fully saturated rings. The molecule has 0 aromatic carbocycles. The zero-order valence-corrected chi connectivity index (χ0v) is 18.4. The van der Waals surface area contributed by atoms with E-state index >= 15 is 0 Å². The molecule has 0 radical (unpaired) electrons. The summed E-state index contributed by atoms with van der Waals surface area (Å²) in [6, 6.07) is 3.30. The number of β-lactam (4-membered cyclic amide) rings is 1. The Balaban J connectivity index is 1.57. The van der Waals surface area contributed by atoms with Gasteiger partial charge in [0.1, 0.15) is 5.70 Å². The second kappa shape index (κ2) is 8.06. The van der Waals surface area contributed by atoms with Crippen LogP contribution in [0.4, 0.5) is 0 Å². The molecule has 4 N–H and O–H groups in total. The van der Waals surface area contributed by atoms with Gasteiger partial charge in [-0.1, -0.05) is 18.7 Å². The maximum absolute atomic E-state index is 12.4. The largest absolute Gasteiger partial charge is 0.477 e. The van der Waals surface area contributed by atoms with E-state index in [1.165, 1.54) is 28.0 Å². The molecule has 0 bridgehead atoms. The first-order chi connectivity index (χ1) is 14.7. The number of carboxylic acid groups (broad SMARTS) is 1. The van der Waals surface area contributed by atoms with Crippen LogP contribution in [0.3, 0.4) is 0 Å². The minimum absolute atomic E-state index is 0.0200. The summed E-state index contributed by atoms with van der Waals surface area (Å²) in [5, 5.41) is 21.6. The van der Waals surface area contributed by atoms with Crippen molar-refractivity contribution in [1.82, 2.24) is 9.88 Å². The van der Waals surface area contributed by atoms with Gasteiger partial charge in [-0.25, -0.2) is 9.78 Å². The molecule has 4 rings (SSSR count). The zero-order chi connectivity index (χ0) is 22.4. The van der Waals surface area contributed by atoms with Gasteiger partial charge in [0.2, 0.25) is 12.5 Å². The van der Waals surface area contributed by atoms with Gasteiger partial charge in [-0.3, -0.25) is 9.59 Å². The topological polar surface area (TPSA) is 138 Å². The standard InChI is InChI=1S/C20H20N4O5S2/c1-9-15-14(10(2)25)18(27)24(15)16(19(28)29)17(9)31-20-22-12(8-30-20)11-3-5-23(6-4-11)7-13(21)26/h3-6,8-10,14-15,25H,7H2,1-2H3,(H2-,21,26,28,29)/p+1/t9-,10+,14-,15-/m1/s1. The molecule has 2 aromatic rings. The highest BCUT2D eigenvalue weighted by Crippen LogP contribution is 2.52. The number of nitrogens with two attached hydrogens (primary N) is 1. The van der Waals surface area contributed by atoms with Crippen LogP contribution in [-0.4, -0.2) is 50.0 Å². The SMILES string of the molecule is C[C@H](O)[C@H]1C(=O)N2C(C(=O)O)=C(Sc3nc(-c4cc[n+](CC(N)=O)cc4)cs3)[C@H](C)[C@H]12. The summed E-state index contributed by atoms with van der Waals surface area (Å²) < 4.78 is 2.32. The number of aliphatic carboxylic acids is 1. The Morgan fingerprint density at radius 3 is 2.65 bits per heavy atom. The van der Waals surface area contributed by atoms with E-state index in [4.69, 9.17) is 5.73 Å². The number of primary amides is 1. The van der Waals surface area contributed by atoms with Gasteiger partial charge < -0.3 is 20.8 Å². The number of thioether (sulfide) groups is 1. The molecule has 11 heteroatoms. The summed E-state index contributed by atoms with van der Waals surface area (Å²) in [6.07, 6.45) is 2.64. The smallest absolute Gasteiger partial charge is 0.353 e. The van der Waals surface area contributed by atoms with Gasteiger partial charge in [0, 0.05) is 33.9 Å². The van der Waals surface area contributed by atoms with E-state index in [0.29, 0.717) is 9.24 Å². The van der Waals surface area contributed by atoms with Gasteiger partial charge in [0.05, 0.1) is 23.8 Å². The second-order valence-corrected chi connectivity index (χ2v) is 9.75. The minimum Gasteiger partial charge on any atom is -0.477 e. The number of aromatic nitrogens is 2. The number of aliphatic hydroxyl groups is 1. The molecular formula is C20H21N4O5S2+. The van der Waals surface area contributed by atoms with Gasteiger partial charge >= 0.3 is 5.97 Å². The minimum atomic E-state index is -1.16. The Morgan fingerprint density at radius 1 is 1.39 bits per heavy atom. The highest BCUT2D eigenvalue weighted by Gasteiger charge is 2.60. The van der Waals surface area contributed by atoms with Gasteiger partial charge in [-0.15, -0.1) is 11.3 Å². The maximum atomic E-state index is 12.4. The van der Waals surface area contributed by atoms with Gasteiger partial charge in [-0.05, 0) is 6.92 Å². The van der Waals surface area contributed by atoms with Crippen LogP contribution in [0.25, 0.3) is 11.3 Å². The second-order valence-electron chi connectivity index (χ2n) is 7.60. The predicted octanol–water partition coefficient (Wildman–Crippen LogP) is 0.829. The molecule has 2 aliphatic rings. The molecule has 162 valence electrons. The van der Waals surface area contributed by atoms with Crippen molar-refractivity contribution in [1.29, 1.82) is 0 Å². The molecule has 0 saturated carbocycles. The molecule has 0 spiro atoms. The van der Waals surface area contributed by atoms with Crippen LogP contribution in [-0.2, 0) is 20.9 Å². The number of carboxylic acids is 1. The third kappa shape index (κ3) is 3.73. The summed E-state index contributed by atoms with van der Waals surface area (Å²) in [6.45, 7) is 3.52. The van der Waals surface area contributed by atoms with E-state index in [1.807, 2.05) is 24.4 Å². The van der Waals surface area contributed by atoms with Crippen molar-refractivity contribution in [3.05, 3.63) is 40.5 Å². The van der Waals surface area contributed by atoms with Crippen LogP contribution in [0.2, 0.25) is 0 Å². The van der Waals surface area contributed by atoms with Crippen LogP contribution < -0.4 is 10.3 Å². The lowest BCUT2D eigenvalue weighted by Crippen LogP contribution is -2.63. The van der Waals surface area contributed by atoms with Gasteiger partial charge in [-0.2, -0.15) is 4.57 Å². The first-order valence-electron chi connectivity index (χ1n) is 9.58. The lowest BCUT2D eigenvalue weighted by Gasteiger charge is -2.46.